The molecule has 0 aliphatic heterocycles. The number of halogens is 2. The molecule has 0 bridgehead atoms. The van der Waals surface area contributed by atoms with Gasteiger partial charge in [0.15, 0.2) is 6.04 Å². The van der Waals surface area contributed by atoms with Crippen LogP contribution in [-0.4, -0.2) is 28.4 Å². The Balaban J connectivity index is 4.46. The zero-order valence-corrected chi connectivity index (χ0v) is 14.5. The summed E-state index contributed by atoms with van der Waals surface area (Å²) in [5.41, 5.74) is 5.75. The average Bonchev–Trinajstić information content (AvgIpc) is 2.42. The zero-order chi connectivity index (χ0) is 16.3. The molecule has 7 nitrogen and oxygen atoms in total. The number of amides is 2. The lowest BCUT2D eigenvalue weighted by molar-refractivity contribution is -0.121. The van der Waals surface area contributed by atoms with Gasteiger partial charge < -0.3 is 10.2 Å². The first-order valence-electron chi connectivity index (χ1n) is 5.94. The summed E-state index contributed by atoms with van der Waals surface area (Å²) >= 11 is 6.63. The van der Waals surface area contributed by atoms with Gasteiger partial charge in [-0.25, -0.2) is 10.2 Å². The molecule has 9 heteroatoms. The van der Waals surface area contributed by atoms with Crippen LogP contribution in [0.25, 0.3) is 0 Å². The Labute approximate surface area is 140 Å². The van der Waals surface area contributed by atoms with Gasteiger partial charge in [-0.05, 0) is 19.4 Å². The Morgan fingerprint density at radius 3 is 2.62 bits per heavy atom. The molecule has 21 heavy (non-hydrogen) atoms. The van der Waals surface area contributed by atoms with Crippen molar-refractivity contribution in [2.24, 2.45) is 0 Å². The van der Waals surface area contributed by atoms with Gasteiger partial charge in [0.1, 0.15) is 0 Å². The predicted octanol–water partition coefficient (Wildman–Crippen LogP) is 1.82. The molecular weight excluding hydrogens is 408 g/mol. The number of allylic oxidation sites excluding steroid dienone is 2. The third kappa shape index (κ3) is 9.23. The smallest absolute Gasteiger partial charge is 0.413 e. The van der Waals surface area contributed by atoms with Gasteiger partial charge in [-0.1, -0.05) is 44.5 Å². The van der Waals surface area contributed by atoms with Crippen LogP contribution >= 0.6 is 31.9 Å². The van der Waals surface area contributed by atoms with Gasteiger partial charge in [-0.3, -0.25) is 10.1 Å². The summed E-state index contributed by atoms with van der Waals surface area (Å²) < 4.78 is 4.65. The third-order valence-corrected chi connectivity index (χ3v) is 2.74. The summed E-state index contributed by atoms with van der Waals surface area (Å²) in [6, 6.07) is 0.458. The number of ether oxygens (including phenoxy) is 1. The number of rotatable bonds is 8. The Morgan fingerprint density at radius 2 is 2.14 bits per heavy atom. The quantitative estimate of drug-likeness (QED) is 0.312. The SMILES string of the molecule is C=C/C(=C\CC(Br)Br)NNC(C#N)C(=O)NC(=O)OCC. The van der Waals surface area contributed by atoms with E-state index in [1.54, 1.807) is 19.1 Å². The van der Waals surface area contributed by atoms with Gasteiger partial charge in [0, 0.05) is 5.70 Å². The molecule has 0 saturated heterocycles. The number of carbonyl (C=O) groups excluding carboxylic acids is 2. The Hall–Kier alpha value is -1.37. The molecule has 0 saturated carbocycles. The molecular formula is C12H16Br2N4O3. The fourth-order valence-electron chi connectivity index (χ4n) is 1.05. The number of nitriles is 1. The van der Waals surface area contributed by atoms with Crippen molar-refractivity contribution in [2.75, 3.05) is 6.61 Å². The number of nitrogens with one attached hydrogen (secondary N) is 3. The fourth-order valence-corrected chi connectivity index (χ4v) is 1.43. The Bertz CT molecular complexity index is 446. The first kappa shape index (κ1) is 19.6. The van der Waals surface area contributed by atoms with E-state index in [1.807, 2.05) is 5.32 Å². The van der Waals surface area contributed by atoms with E-state index in [1.165, 1.54) is 6.08 Å². The third-order valence-electron chi connectivity index (χ3n) is 1.99. The van der Waals surface area contributed by atoms with E-state index in [0.717, 1.165) is 0 Å². The lowest BCUT2D eigenvalue weighted by atomic mass is 10.3. The Kier molecular flexibility index (Phi) is 10.6. The minimum atomic E-state index is -1.26. The van der Waals surface area contributed by atoms with E-state index >= 15 is 0 Å². The van der Waals surface area contributed by atoms with Crippen molar-refractivity contribution in [3.05, 3.63) is 24.4 Å². The van der Waals surface area contributed by atoms with Crippen molar-refractivity contribution in [1.29, 1.82) is 5.26 Å². The second-order valence-electron chi connectivity index (χ2n) is 3.53. The van der Waals surface area contributed by atoms with E-state index < -0.39 is 18.0 Å². The number of imide groups is 1. The number of hydrogen-bond donors (Lipinski definition) is 3. The van der Waals surface area contributed by atoms with Crippen LogP contribution in [0.15, 0.2) is 24.4 Å². The molecule has 0 aliphatic carbocycles. The lowest BCUT2D eigenvalue weighted by Gasteiger charge is -2.14. The van der Waals surface area contributed by atoms with Gasteiger partial charge >= 0.3 is 6.09 Å². The summed E-state index contributed by atoms with van der Waals surface area (Å²) in [6.45, 7) is 5.34. The summed E-state index contributed by atoms with van der Waals surface area (Å²) in [6.07, 6.45) is 3.08. The summed E-state index contributed by atoms with van der Waals surface area (Å²) in [5.74, 6) is -0.814. The fraction of sp³-hybridized carbons (Fsp3) is 0.417. The molecule has 0 aromatic rings. The highest BCUT2D eigenvalue weighted by Gasteiger charge is 2.20. The van der Waals surface area contributed by atoms with Gasteiger partial charge in [0.05, 0.1) is 16.4 Å². The minimum absolute atomic E-state index is 0.0978. The van der Waals surface area contributed by atoms with Crippen LogP contribution in [0.5, 0.6) is 0 Å². The lowest BCUT2D eigenvalue weighted by Crippen LogP contribution is -2.50. The van der Waals surface area contributed by atoms with Crippen molar-refractivity contribution in [3.8, 4) is 6.07 Å². The van der Waals surface area contributed by atoms with E-state index in [4.69, 9.17) is 5.26 Å². The van der Waals surface area contributed by atoms with Crippen LogP contribution in [0.3, 0.4) is 0 Å². The maximum Gasteiger partial charge on any atom is 0.413 e. The zero-order valence-electron chi connectivity index (χ0n) is 11.4. The van der Waals surface area contributed by atoms with E-state index in [2.05, 4.69) is 54.0 Å². The van der Waals surface area contributed by atoms with Crippen molar-refractivity contribution >= 4 is 43.9 Å². The van der Waals surface area contributed by atoms with Gasteiger partial charge in [-0.15, -0.1) is 0 Å². The first-order chi connectivity index (χ1) is 9.94. The van der Waals surface area contributed by atoms with E-state index in [9.17, 15) is 9.59 Å². The van der Waals surface area contributed by atoms with E-state index in [-0.39, 0.29) is 10.3 Å². The number of nitrogens with zero attached hydrogens (tertiary/aromatic N) is 1. The Morgan fingerprint density at radius 1 is 1.48 bits per heavy atom. The molecule has 1 unspecified atom stereocenters. The minimum Gasteiger partial charge on any atom is -0.450 e. The molecule has 0 fully saturated rings. The van der Waals surface area contributed by atoms with Crippen LogP contribution in [0.4, 0.5) is 4.79 Å². The summed E-state index contributed by atoms with van der Waals surface area (Å²) in [7, 11) is 0. The number of hydrazine groups is 1. The first-order valence-corrected chi connectivity index (χ1v) is 7.77. The number of alkyl halides is 2. The molecule has 116 valence electrons. The number of hydrogen-bond acceptors (Lipinski definition) is 6. The van der Waals surface area contributed by atoms with Crippen LogP contribution in [0.1, 0.15) is 13.3 Å². The molecule has 0 spiro atoms. The van der Waals surface area contributed by atoms with Crippen LogP contribution in [-0.2, 0) is 9.53 Å². The van der Waals surface area contributed by atoms with Gasteiger partial charge in [0.25, 0.3) is 5.91 Å². The monoisotopic (exact) mass is 422 g/mol. The molecule has 2 amide bonds. The number of alkyl carbamates (subject to hydrolysis) is 1. The molecule has 0 aromatic heterocycles. The molecule has 0 radical (unpaired) electrons. The van der Waals surface area contributed by atoms with Crippen molar-refractivity contribution in [1.82, 2.24) is 16.2 Å². The molecule has 0 heterocycles. The van der Waals surface area contributed by atoms with Crippen molar-refractivity contribution < 1.29 is 14.3 Å². The van der Waals surface area contributed by atoms with Crippen LogP contribution in [0.2, 0.25) is 0 Å². The van der Waals surface area contributed by atoms with Crippen LogP contribution < -0.4 is 16.2 Å². The maximum absolute atomic E-state index is 11.6. The van der Waals surface area contributed by atoms with Gasteiger partial charge in [-0.2, -0.15) is 5.26 Å². The largest absolute Gasteiger partial charge is 0.450 e. The second kappa shape index (κ2) is 11.3. The van der Waals surface area contributed by atoms with Gasteiger partial charge in [0.2, 0.25) is 0 Å². The molecule has 3 N–H and O–H groups in total. The summed E-state index contributed by atoms with van der Waals surface area (Å²) in [5, 5.41) is 10.9. The normalized spacial score (nSPS) is 12.2. The average molecular weight is 424 g/mol. The second-order valence-corrected chi connectivity index (χ2v) is 6.97. The van der Waals surface area contributed by atoms with Crippen molar-refractivity contribution in [3.63, 3.8) is 0 Å². The highest BCUT2D eigenvalue weighted by Crippen LogP contribution is 2.13. The summed E-state index contributed by atoms with van der Waals surface area (Å²) in [4.78, 5) is 22.7. The van der Waals surface area contributed by atoms with E-state index in [0.29, 0.717) is 12.1 Å². The number of carbonyl (C=O) groups is 2. The van der Waals surface area contributed by atoms with Crippen LogP contribution in [0, 0.1) is 11.3 Å². The predicted molar refractivity (Wildman–Crippen MR) is 85.4 cm³/mol. The molecule has 0 rings (SSSR count). The highest BCUT2D eigenvalue weighted by atomic mass is 79.9. The van der Waals surface area contributed by atoms with Crippen molar-refractivity contribution in [2.45, 2.75) is 23.1 Å². The molecule has 1 atom stereocenters. The standard InChI is InChI=1S/C12H16Br2N4O3/c1-3-8(5-6-10(13)14)17-18-9(7-15)11(19)16-12(20)21-4-2/h3,5,9-10,17-18H,1,4,6H2,2H3,(H,16,19,20)/b8-5+. The topological polar surface area (TPSA) is 103 Å². The molecule has 0 aromatic carbocycles. The highest BCUT2D eigenvalue weighted by molar-refractivity contribution is 9.24. The maximum atomic E-state index is 11.6. The molecule has 0 aliphatic rings.